The van der Waals surface area contributed by atoms with E-state index in [4.69, 9.17) is 24.5 Å². The third-order valence-electron chi connectivity index (χ3n) is 6.69. The van der Waals surface area contributed by atoms with Crippen molar-refractivity contribution < 1.29 is 34.0 Å². The van der Waals surface area contributed by atoms with Crippen LogP contribution in [0.15, 0.2) is 63.9 Å². The monoisotopic (exact) mass is 489 g/mol. The number of allylic oxidation sites excluding steroid dienone is 3. The average Bonchev–Trinajstić information content (AvgIpc) is 2.97. The first-order valence-corrected chi connectivity index (χ1v) is 11.5. The number of nitrogens with zero attached hydrogens (tertiary/aromatic N) is 3. The van der Waals surface area contributed by atoms with Gasteiger partial charge in [-0.3, -0.25) is 4.79 Å². The molecule has 0 aromatic rings. The van der Waals surface area contributed by atoms with Crippen LogP contribution in [0.4, 0.5) is 0 Å². The minimum Gasteiger partial charge on any atom is -0.498 e. The number of aliphatic hydroxyl groups is 2. The Morgan fingerprint density at radius 1 is 1.34 bits per heavy atom. The molecule has 1 amide bonds. The molecular formula is C25H35N3O7. The molecule has 0 saturated heterocycles. The number of carbonyl (C=O) groups is 1. The van der Waals surface area contributed by atoms with Gasteiger partial charge in [0.1, 0.15) is 18.0 Å². The van der Waals surface area contributed by atoms with E-state index in [9.17, 15) is 15.0 Å². The fourth-order valence-corrected chi connectivity index (χ4v) is 4.47. The molecule has 0 aromatic carbocycles. The van der Waals surface area contributed by atoms with Gasteiger partial charge < -0.3 is 29.2 Å². The number of hydrogen-bond acceptors (Lipinski definition) is 7. The van der Waals surface area contributed by atoms with Gasteiger partial charge in [0.05, 0.1) is 30.8 Å². The lowest BCUT2D eigenvalue weighted by molar-refractivity contribution is -0.127. The van der Waals surface area contributed by atoms with Crippen molar-refractivity contribution in [2.45, 2.75) is 57.7 Å². The Balaban J connectivity index is 2.78. The molecule has 2 rings (SSSR count). The van der Waals surface area contributed by atoms with Crippen molar-refractivity contribution in [1.29, 1.82) is 0 Å². The SMILES string of the molecule is CC/C(=C\C(C(=O)N=[N+]=[N-])=C(/COC)OC)[C@H]1CCC(O)([C@@](C)(O)CC)C2=C1/C=C/OCO/C=C/2. The van der Waals surface area contributed by atoms with Crippen molar-refractivity contribution in [2.24, 2.45) is 11.0 Å². The minimum atomic E-state index is -1.53. The molecule has 1 aliphatic heterocycles. The first-order valence-electron chi connectivity index (χ1n) is 11.5. The summed E-state index contributed by atoms with van der Waals surface area (Å²) in [6.45, 7) is 5.39. The Labute approximate surface area is 205 Å². The van der Waals surface area contributed by atoms with Crippen LogP contribution in [0.1, 0.15) is 46.5 Å². The molecule has 0 fully saturated rings. The van der Waals surface area contributed by atoms with E-state index in [2.05, 4.69) is 10.0 Å². The van der Waals surface area contributed by atoms with Gasteiger partial charge in [-0.1, -0.05) is 19.4 Å². The molecule has 0 aromatic heterocycles. The number of ether oxygens (including phenoxy) is 4. The van der Waals surface area contributed by atoms with Crippen LogP contribution in [-0.4, -0.2) is 54.9 Å². The molecule has 3 atom stereocenters. The van der Waals surface area contributed by atoms with Crippen molar-refractivity contribution in [3.8, 4) is 0 Å². The number of rotatable bonds is 9. The van der Waals surface area contributed by atoms with Gasteiger partial charge in [0.2, 0.25) is 6.79 Å². The summed E-state index contributed by atoms with van der Waals surface area (Å²) in [5, 5.41) is 26.1. The maximum Gasteiger partial charge on any atom is 0.252 e. The van der Waals surface area contributed by atoms with E-state index in [1.165, 1.54) is 26.7 Å². The number of amides is 1. The van der Waals surface area contributed by atoms with Crippen LogP contribution in [0.25, 0.3) is 10.4 Å². The molecule has 2 N–H and O–H groups in total. The Morgan fingerprint density at radius 3 is 2.60 bits per heavy atom. The minimum absolute atomic E-state index is 0.000924. The third-order valence-corrected chi connectivity index (χ3v) is 6.69. The number of azide groups is 1. The lowest BCUT2D eigenvalue weighted by Crippen LogP contribution is -2.55. The predicted octanol–water partition coefficient (Wildman–Crippen LogP) is 4.34. The highest BCUT2D eigenvalue weighted by Gasteiger charge is 2.50. The molecule has 10 nitrogen and oxygen atoms in total. The highest BCUT2D eigenvalue weighted by Crippen LogP contribution is 2.48. The van der Waals surface area contributed by atoms with Crippen molar-refractivity contribution in [3.63, 3.8) is 0 Å². The van der Waals surface area contributed by atoms with E-state index >= 15 is 0 Å². The fraction of sp³-hybridized carbons (Fsp3) is 0.560. The standard InChI is InChI=1S/C25H35N3O7/c1-6-17(14-20(23(29)27-28-26)22(33-5)15-32-4)18-8-11-25(31,24(3,30)7-2)21-10-13-35-16-34-12-9-19(18)21/h9-10,12-14,18,30-31H,6-8,11,15-16H2,1-5H3/b12-9+,13-10+,17-14+,22-20-/t18-,24+,25?/m1/s1. The van der Waals surface area contributed by atoms with Crippen LogP contribution in [0.2, 0.25) is 0 Å². The predicted molar refractivity (Wildman–Crippen MR) is 129 cm³/mol. The maximum atomic E-state index is 12.6. The molecule has 35 heavy (non-hydrogen) atoms. The summed E-state index contributed by atoms with van der Waals surface area (Å²) in [6, 6.07) is 0. The van der Waals surface area contributed by atoms with Crippen LogP contribution >= 0.6 is 0 Å². The van der Waals surface area contributed by atoms with Crippen LogP contribution in [0, 0.1) is 5.92 Å². The molecule has 1 unspecified atom stereocenters. The van der Waals surface area contributed by atoms with Crippen molar-refractivity contribution in [1.82, 2.24) is 0 Å². The van der Waals surface area contributed by atoms with Gasteiger partial charge in [0.25, 0.3) is 5.91 Å². The second kappa shape index (κ2) is 12.6. The highest BCUT2D eigenvalue weighted by atomic mass is 16.7. The molecule has 1 aliphatic carbocycles. The van der Waals surface area contributed by atoms with Gasteiger partial charge in [0.15, 0.2) is 0 Å². The largest absolute Gasteiger partial charge is 0.498 e. The normalized spacial score (nSPS) is 26.7. The first kappa shape index (κ1) is 28.2. The topological polar surface area (TPSA) is 143 Å². The smallest absolute Gasteiger partial charge is 0.252 e. The van der Waals surface area contributed by atoms with Gasteiger partial charge in [-0.2, -0.15) is 0 Å². The van der Waals surface area contributed by atoms with E-state index in [0.717, 1.165) is 11.1 Å². The second-order valence-corrected chi connectivity index (χ2v) is 8.55. The van der Waals surface area contributed by atoms with Crippen molar-refractivity contribution >= 4 is 5.91 Å². The third kappa shape index (κ3) is 6.15. The first-order chi connectivity index (χ1) is 16.7. The van der Waals surface area contributed by atoms with Crippen molar-refractivity contribution in [3.05, 3.63) is 69.2 Å². The van der Waals surface area contributed by atoms with Crippen molar-refractivity contribution in [2.75, 3.05) is 27.6 Å². The number of carbonyl (C=O) groups excluding carboxylic acids is 1. The van der Waals surface area contributed by atoms with E-state index in [-0.39, 0.29) is 37.1 Å². The van der Waals surface area contributed by atoms with E-state index < -0.39 is 17.1 Å². The average molecular weight is 490 g/mol. The molecule has 0 saturated carbocycles. The Hall–Kier alpha value is -3.04. The summed E-state index contributed by atoms with van der Waals surface area (Å²) in [5.41, 5.74) is 8.07. The molecular weight excluding hydrogens is 454 g/mol. The van der Waals surface area contributed by atoms with E-state index in [1.54, 1.807) is 25.2 Å². The zero-order valence-electron chi connectivity index (χ0n) is 21.0. The van der Waals surface area contributed by atoms with E-state index in [1.807, 2.05) is 13.8 Å². The Kier molecular flexibility index (Phi) is 10.2. The van der Waals surface area contributed by atoms with Crippen LogP contribution in [-0.2, 0) is 23.7 Å². The highest BCUT2D eigenvalue weighted by molar-refractivity contribution is 5.97. The molecule has 0 bridgehead atoms. The van der Waals surface area contributed by atoms with Gasteiger partial charge in [-0.05, 0) is 72.6 Å². The molecule has 1 heterocycles. The lowest BCUT2D eigenvalue weighted by Gasteiger charge is -2.47. The summed E-state index contributed by atoms with van der Waals surface area (Å²) >= 11 is 0. The second-order valence-electron chi connectivity index (χ2n) is 8.55. The Morgan fingerprint density at radius 2 is 2.03 bits per heavy atom. The molecule has 0 spiro atoms. The van der Waals surface area contributed by atoms with Crippen LogP contribution in [0.5, 0.6) is 0 Å². The lowest BCUT2D eigenvalue weighted by atomic mass is 9.64. The fourth-order valence-electron chi connectivity index (χ4n) is 4.47. The Bertz CT molecular complexity index is 987. The van der Waals surface area contributed by atoms with Crippen LogP contribution < -0.4 is 0 Å². The zero-order chi connectivity index (χ0) is 26.1. The van der Waals surface area contributed by atoms with Gasteiger partial charge >= 0.3 is 0 Å². The summed E-state index contributed by atoms with van der Waals surface area (Å²) in [5.74, 6) is -0.794. The summed E-state index contributed by atoms with van der Waals surface area (Å²) in [6.07, 6.45) is 9.64. The molecule has 2 aliphatic rings. The van der Waals surface area contributed by atoms with Crippen LogP contribution in [0.3, 0.4) is 0 Å². The number of methoxy groups -OCH3 is 2. The summed E-state index contributed by atoms with van der Waals surface area (Å²) in [4.78, 5) is 15.3. The molecule has 192 valence electrons. The van der Waals surface area contributed by atoms with Gasteiger partial charge in [-0.15, -0.1) is 0 Å². The zero-order valence-corrected chi connectivity index (χ0v) is 21.0. The number of hydrogen-bond donors (Lipinski definition) is 2. The van der Waals surface area contributed by atoms with Gasteiger partial charge in [-0.25, -0.2) is 0 Å². The van der Waals surface area contributed by atoms with E-state index in [0.29, 0.717) is 24.8 Å². The molecule has 0 radical (unpaired) electrons. The summed E-state index contributed by atoms with van der Waals surface area (Å²) < 4.78 is 21.2. The summed E-state index contributed by atoms with van der Waals surface area (Å²) in [7, 11) is 2.88. The molecule has 10 heteroatoms. The van der Waals surface area contributed by atoms with Gasteiger partial charge in [0, 0.05) is 17.9 Å². The quantitative estimate of drug-likeness (QED) is 0.122. The maximum absolute atomic E-state index is 12.6.